The summed E-state index contributed by atoms with van der Waals surface area (Å²) >= 11 is 9.65. The van der Waals surface area contributed by atoms with Gasteiger partial charge in [0.1, 0.15) is 0 Å². The van der Waals surface area contributed by atoms with Crippen LogP contribution in [0.5, 0.6) is 0 Å². The Kier molecular flexibility index (Phi) is 6.27. The van der Waals surface area contributed by atoms with Crippen molar-refractivity contribution in [2.45, 2.75) is 26.4 Å². The molecule has 0 aliphatic carbocycles. The van der Waals surface area contributed by atoms with E-state index >= 15 is 0 Å². The van der Waals surface area contributed by atoms with Gasteiger partial charge in [-0.25, -0.2) is 0 Å². The lowest BCUT2D eigenvalue weighted by atomic mass is 10.2. The molecule has 0 aliphatic heterocycles. The molecule has 1 aromatic carbocycles. The van der Waals surface area contributed by atoms with Gasteiger partial charge < -0.3 is 0 Å². The number of aromatic nitrogens is 2. The quantitative estimate of drug-likeness (QED) is 0.687. The van der Waals surface area contributed by atoms with Crippen molar-refractivity contribution in [1.29, 1.82) is 0 Å². The lowest BCUT2D eigenvalue weighted by Gasteiger charge is -2.21. The van der Waals surface area contributed by atoms with Crippen LogP contribution in [0, 0.1) is 0 Å². The van der Waals surface area contributed by atoms with Gasteiger partial charge in [-0.2, -0.15) is 5.10 Å². The van der Waals surface area contributed by atoms with E-state index < -0.39 is 0 Å². The number of benzene rings is 1. The van der Waals surface area contributed by atoms with E-state index in [2.05, 4.69) is 57.1 Å². The number of rotatable bonds is 7. The van der Waals surface area contributed by atoms with Gasteiger partial charge in [0.05, 0.1) is 15.9 Å². The van der Waals surface area contributed by atoms with E-state index in [0.29, 0.717) is 5.88 Å². The van der Waals surface area contributed by atoms with Crippen molar-refractivity contribution in [3.8, 4) is 0 Å². The predicted octanol–water partition coefficient (Wildman–Crippen LogP) is 3.99. The molecule has 0 spiro atoms. The molecule has 0 unspecified atom stereocenters. The second-order valence-electron chi connectivity index (χ2n) is 5.07. The number of nitrogens with zero attached hydrogens (tertiary/aromatic N) is 3. The molecule has 0 bridgehead atoms. The molecule has 0 saturated carbocycles. The monoisotopic (exact) mass is 369 g/mol. The maximum absolute atomic E-state index is 5.96. The zero-order valence-electron chi connectivity index (χ0n) is 12.5. The van der Waals surface area contributed by atoms with Crippen LogP contribution < -0.4 is 0 Å². The van der Waals surface area contributed by atoms with E-state index in [-0.39, 0.29) is 0 Å². The highest BCUT2D eigenvalue weighted by Gasteiger charge is 2.16. The van der Waals surface area contributed by atoms with Crippen molar-refractivity contribution in [2.24, 2.45) is 7.05 Å². The van der Waals surface area contributed by atoms with Crippen LogP contribution in [-0.2, 0) is 26.6 Å². The van der Waals surface area contributed by atoms with Crippen molar-refractivity contribution in [2.75, 3.05) is 12.4 Å². The average Bonchev–Trinajstić information content (AvgIpc) is 2.76. The molecule has 0 fully saturated rings. The molecular formula is C16H21BrClN3. The van der Waals surface area contributed by atoms with Gasteiger partial charge in [0.2, 0.25) is 0 Å². The highest BCUT2D eigenvalue weighted by Crippen LogP contribution is 2.23. The molecule has 1 aromatic heterocycles. The highest BCUT2D eigenvalue weighted by molar-refractivity contribution is 9.10. The van der Waals surface area contributed by atoms with Gasteiger partial charge in [-0.1, -0.05) is 37.3 Å². The van der Waals surface area contributed by atoms with Gasteiger partial charge >= 0.3 is 0 Å². The zero-order valence-corrected chi connectivity index (χ0v) is 14.9. The topological polar surface area (TPSA) is 21.1 Å². The first-order chi connectivity index (χ1) is 10.2. The highest BCUT2D eigenvalue weighted by atomic mass is 79.9. The number of alkyl halides is 1. The minimum Gasteiger partial charge on any atom is -0.292 e. The first kappa shape index (κ1) is 16.5. The van der Waals surface area contributed by atoms with Crippen molar-refractivity contribution in [3.05, 3.63) is 51.8 Å². The van der Waals surface area contributed by atoms with Gasteiger partial charge in [0.25, 0.3) is 0 Å². The van der Waals surface area contributed by atoms with E-state index in [9.17, 15) is 0 Å². The van der Waals surface area contributed by atoms with Crippen LogP contribution in [0.4, 0.5) is 0 Å². The standard InChI is InChI=1S/C16H21BrClN3/c1-3-14-16(17)15(20(2)19-14)12-21(10-9-18)11-13-7-5-4-6-8-13/h4-8H,3,9-12H2,1-2H3. The van der Waals surface area contributed by atoms with Crippen molar-refractivity contribution < 1.29 is 0 Å². The lowest BCUT2D eigenvalue weighted by molar-refractivity contribution is 0.265. The molecule has 5 heteroatoms. The summed E-state index contributed by atoms with van der Waals surface area (Å²) in [6.07, 6.45) is 0.933. The Morgan fingerprint density at radius 3 is 2.52 bits per heavy atom. The first-order valence-corrected chi connectivity index (χ1v) is 8.51. The molecular weight excluding hydrogens is 350 g/mol. The minimum atomic E-state index is 0.628. The Hall–Kier alpha value is -0.840. The normalized spacial score (nSPS) is 11.3. The molecule has 1 heterocycles. The first-order valence-electron chi connectivity index (χ1n) is 7.18. The fourth-order valence-electron chi connectivity index (χ4n) is 2.38. The molecule has 2 aromatic rings. The number of hydrogen-bond donors (Lipinski definition) is 0. The summed E-state index contributed by atoms with van der Waals surface area (Å²) < 4.78 is 3.09. The third-order valence-corrected chi connectivity index (χ3v) is 4.61. The summed E-state index contributed by atoms with van der Waals surface area (Å²) in [7, 11) is 2.00. The van der Waals surface area contributed by atoms with Gasteiger partial charge in [0.15, 0.2) is 0 Å². The number of hydrogen-bond acceptors (Lipinski definition) is 2. The molecule has 0 amide bonds. The summed E-state index contributed by atoms with van der Waals surface area (Å²) in [6.45, 7) is 4.71. The Balaban J connectivity index is 2.14. The second kappa shape index (κ2) is 7.97. The lowest BCUT2D eigenvalue weighted by Crippen LogP contribution is -2.26. The van der Waals surface area contributed by atoms with Crippen LogP contribution in [0.15, 0.2) is 34.8 Å². The molecule has 3 nitrogen and oxygen atoms in total. The zero-order chi connectivity index (χ0) is 15.2. The Morgan fingerprint density at radius 2 is 1.95 bits per heavy atom. The van der Waals surface area contributed by atoms with Gasteiger partial charge in [-0.15, -0.1) is 11.6 Å². The molecule has 0 radical (unpaired) electrons. The van der Waals surface area contributed by atoms with Crippen molar-refractivity contribution >= 4 is 27.5 Å². The Morgan fingerprint density at radius 1 is 1.24 bits per heavy atom. The predicted molar refractivity (Wildman–Crippen MR) is 91.6 cm³/mol. The van der Waals surface area contributed by atoms with Crippen LogP contribution in [0.1, 0.15) is 23.9 Å². The van der Waals surface area contributed by atoms with Gasteiger partial charge in [0, 0.05) is 32.6 Å². The summed E-state index contributed by atoms with van der Waals surface area (Å²) in [6, 6.07) is 10.5. The number of aryl methyl sites for hydroxylation is 2. The van der Waals surface area contributed by atoms with Crippen LogP contribution >= 0.6 is 27.5 Å². The molecule has 0 N–H and O–H groups in total. The molecule has 0 saturated heterocycles. The van der Waals surface area contributed by atoms with Crippen molar-refractivity contribution in [3.63, 3.8) is 0 Å². The molecule has 2 rings (SSSR count). The Labute approximate surface area is 140 Å². The molecule has 0 atom stereocenters. The van der Waals surface area contributed by atoms with E-state index in [4.69, 9.17) is 11.6 Å². The van der Waals surface area contributed by atoms with E-state index in [0.717, 1.165) is 36.2 Å². The fraction of sp³-hybridized carbons (Fsp3) is 0.438. The van der Waals surface area contributed by atoms with E-state index in [1.807, 2.05) is 17.8 Å². The van der Waals surface area contributed by atoms with Crippen LogP contribution in [0.2, 0.25) is 0 Å². The van der Waals surface area contributed by atoms with Gasteiger partial charge in [-0.05, 0) is 27.9 Å². The van der Waals surface area contributed by atoms with E-state index in [1.54, 1.807) is 0 Å². The summed E-state index contributed by atoms with van der Waals surface area (Å²) in [5.74, 6) is 0.628. The van der Waals surface area contributed by atoms with Gasteiger partial charge in [-0.3, -0.25) is 9.58 Å². The third-order valence-electron chi connectivity index (χ3n) is 3.53. The smallest absolute Gasteiger partial charge is 0.0767 e. The summed E-state index contributed by atoms with van der Waals surface area (Å²) in [5, 5.41) is 4.56. The summed E-state index contributed by atoms with van der Waals surface area (Å²) in [4.78, 5) is 2.35. The molecule has 0 aliphatic rings. The Bertz CT molecular complexity index is 568. The minimum absolute atomic E-state index is 0.628. The van der Waals surface area contributed by atoms with Crippen LogP contribution in [0.3, 0.4) is 0 Å². The van der Waals surface area contributed by atoms with Crippen LogP contribution in [-0.4, -0.2) is 27.1 Å². The summed E-state index contributed by atoms with van der Waals surface area (Å²) in [5.41, 5.74) is 3.61. The maximum Gasteiger partial charge on any atom is 0.0767 e. The third kappa shape index (κ3) is 4.31. The average molecular weight is 371 g/mol. The molecule has 21 heavy (non-hydrogen) atoms. The van der Waals surface area contributed by atoms with E-state index in [1.165, 1.54) is 11.3 Å². The molecule has 114 valence electrons. The SMILES string of the molecule is CCc1nn(C)c(CN(CCCl)Cc2ccccc2)c1Br. The maximum atomic E-state index is 5.96. The largest absolute Gasteiger partial charge is 0.292 e. The van der Waals surface area contributed by atoms with Crippen molar-refractivity contribution in [1.82, 2.24) is 14.7 Å². The number of halogens is 2. The second-order valence-corrected chi connectivity index (χ2v) is 6.24. The fourth-order valence-corrected chi connectivity index (χ4v) is 3.36. The van der Waals surface area contributed by atoms with Crippen LogP contribution in [0.25, 0.3) is 0 Å².